The van der Waals surface area contributed by atoms with Crippen molar-refractivity contribution in [3.05, 3.63) is 58.7 Å². The molecule has 3 rings (SSSR count). The minimum Gasteiger partial charge on any atom is -0.478 e. The van der Waals surface area contributed by atoms with Gasteiger partial charge in [-0.25, -0.2) is 13.2 Å². The third-order valence-corrected chi connectivity index (χ3v) is 9.06. The number of aromatic carboxylic acids is 1. The lowest BCUT2D eigenvalue weighted by atomic mass is 9.78. The third-order valence-electron chi connectivity index (χ3n) is 7.23. The van der Waals surface area contributed by atoms with E-state index in [1.165, 1.54) is 19.3 Å². The van der Waals surface area contributed by atoms with E-state index in [1.807, 2.05) is 37.3 Å². The summed E-state index contributed by atoms with van der Waals surface area (Å²) in [6, 6.07) is 9.22. The molecule has 5 heteroatoms. The van der Waals surface area contributed by atoms with E-state index in [2.05, 4.69) is 20.8 Å². The van der Waals surface area contributed by atoms with Crippen LogP contribution in [0.1, 0.15) is 106 Å². The molecule has 0 atom stereocenters. The van der Waals surface area contributed by atoms with Crippen LogP contribution in [0.3, 0.4) is 0 Å². The van der Waals surface area contributed by atoms with Crippen molar-refractivity contribution < 1.29 is 18.3 Å². The highest BCUT2D eigenvalue weighted by molar-refractivity contribution is 7.91. The SMILES string of the molecule is CC=Cc1cccc(C(=O)O)c1-c1cc2c(cc1CCCCCCCC)S(=O)(=O)CCCC2(C)C. The second kappa shape index (κ2) is 11.6. The fourth-order valence-corrected chi connectivity index (χ4v) is 7.00. The summed E-state index contributed by atoms with van der Waals surface area (Å²) in [6.45, 7) is 8.31. The normalized spacial score (nSPS) is 16.7. The Morgan fingerprint density at radius 3 is 2.49 bits per heavy atom. The molecule has 0 aliphatic carbocycles. The summed E-state index contributed by atoms with van der Waals surface area (Å²) in [7, 11) is -3.39. The Morgan fingerprint density at radius 2 is 1.80 bits per heavy atom. The predicted molar refractivity (Wildman–Crippen MR) is 145 cm³/mol. The second-order valence-electron chi connectivity index (χ2n) is 10.4. The smallest absolute Gasteiger partial charge is 0.336 e. The van der Waals surface area contributed by atoms with Crippen molar-refractivity contribution in [1.29, 1.82) is 0 Å². The van der Waals surface area contributed by atoms with E-state index < -0.39 is 15.8 Å². The quantitative estimate of drug-likeness (QED) is 0.340. The molecular weight excluding hydrogens is 456 g/mol. The molecule has 0 saturated carbocycles. The Hall–Kier alpha value is -2.40. The summed E-state index contributed by atoms with van der Waals surface area (Å²) in [4.78, 5) is 12.7. The van der Waals surface area contributed by atoms with Gasteiger partial charge in [-0.1, -0.05) is 77.2 Å². The van der Waals surface area contributed by atoms with Crippen LogP contribution in [0.5, 0.6) is 0 Å². The van der Waals surface area contributed by atoms with Crippen LogP contribution in [-0.2, 0) is 21.7 Å². The number of carboxylic acids is 1. The monoisotopic (exact) mass is 496 g/mol. The molecule has 2 aromatic rings. The van der Waals surface area contributed by atoms with Gasteiger partial charge >= 0.3 is 5.97 Å². The number of hydrogen-bond acceptors (Lipinski definition) is 3. The number of unbranched alkanes of at least 4 members (excludes halogenated alkanes) is 5. The Bertz CT molecular complexity index is 1190. The summed E-state index contributed by atoms with van der Waals surface area (Å²) in [5.74, 6) is -0.812. The second-order valence-corrected chi connectivity index (χ2v) is 12.5. The molecule has 0 aromatic heterocycles. The van der Waals surface area contributed by atoms with E-state index in [1.54, 1.807) is 12.1 Å². The Balaban J connectivity index is 2.24. The van der Waals surface area contributed by atoms with Gasteiger partial charge in [0.05, 0.1) is 16.2 Å². The van der Waals surface area contributed by atoms with Crippen LogP contribution < -0.4 is 0 Å². The Labute approximate surface area is 211 Å². The van der Waals surface area contributed by atoms with Crippen LogP contribution in [0.15, 0.2) is 41.3 Å². The first-order chi connectivity index (χ1) is 16.6. The number of sulfone groups is 1. The standard InChI is InChI=1S/C30H40O4S/c1-5-7-8-9-10-11-15-23-20-27-26(30(3,4)18-13-19-35(27,33)34)21-25(23)28-22(14-6-2)16-12-17-24(28)29(31)32/h6,12,14,16-17,20-21H,5,7-11,13,15,18-19H2,1-4H3,(H,31,32). The van der Waals surface area contributed by atoms with Crippen molar-refractivity contribution in [2.45, 2.75) is 95.8 Å². The number of carboxylic acid groups (broad SMARTS) is 1. The predicted octanol–water partition coefficient (Wildman–Crippen LogP) is 7.83. The highest BCUT2D eigenvalue weighted by Crippen LogP contribution is 2.43. The molecule has 0 amide bonds. The van der Waals surface area contributed by atoms with Crippen molar-refractivity contribution >= 4 is 21.9 Å². The molecule has 0 spiro atoms. The van der Waals surface area contributed by atoms with Crippen molar-refractivity contribution in [2.24, 2.45) is 0 Å². The zero-order valence-corrected chi connectivity index (χ0v) is 22.5. The molecule has 2 aromatic carbocycles. The highest BCUT2D eigenvalue weighted by atomic mass is 32.2. The van der Waals surface area contributed by atoms with Gasteiger partial charge in [-0.2, -0.15) is 0 Å². The summed E-state index contributed by atoms with van der Waals surface area (Å²) in [6.07, 6.45) is 12.8. The number of hydrogen-bond donors (Lipinski definition) is 1. The maximum absolute atomic E-state index is 13.3. The lowest BCUT2D eigenvalue weighted by Crippen LogP contribution is -2.19. The molecule has 0 unspecified atom stereocenters. The molecule has 0 bridgehead atoms. The summed E-state index contributed by atoms with van der Waals surface area (Å²) in [5.41, 5.74) is 4.05. The number of carbonyl (C=O) groups is 1. The first-order valence-corrected chi connectivity index (χ1v) is 14.7. The van der Waals surface area contributed by atoms with Crippen molar-refractivity contribution in [3.63, 3.8) is 0 Å². The zero-order valence-electron chi connectivity index (χ0n) is 21.7. The van der Waals surface area contributed by atoms with Gasteiger partial charge in [-0.3, -0.25) is 0 Å². The van der Waals surface area contributed by atoms with E-state index >= 15 is 0 Å². The van der Waals surface area contributed by atoms with E-state index in [0.29, 0.717) is 16.9 Å². The summed E-state index contributed by atoms with van der Waals surface area (Å²) in [5, 5.41) is 10.1. The van der Waals surface area contributed by atoms with Gasteiger partial charge in [-0.15, -0.1) is 0 Å². The van der Waals surface area contributed by atoms with Crippen LogP contribution in [0, 0.1) is 0 Å². The number of allylic oxidation sites excluding steroid dienone is 1. The van der Waals surface area contributed by atoms with Gasteiger partial charge in [-0.05, 0) is 78.5 Å². The van der Waals surface area contributed by atoms with Gasteiger partial charge < -0.3 is 5.11 Å². The van der Waals surface area contributed by atoms with E-state index in [-0.39, 0.29) is 16.7 Å². The molecule has 0 fully saturated rings. The number of rotatable bonds is 10. The highest BCUT2D eigenvalue weighted by Gasteiger charge is 2.34. The van der Waals surface area contributed by atoms with Gasteiger partial charge in [0.2, 0.25) is 0 Å². The van der Waals surface area contributed by atoms with Crippen molar-refractivity contribution in [3.8, 4) is 11.1 Å². The number of benzene rings is 2. The minimum absolute atomic E-state index is 0.161. The maximum atomic E-state index is 13.3. The van der Waals surface area contributed by atoms with Crippen molar-refractivity contribution in [1.82, 2.24) is 0 Å². The molecular formula is C30H40O4S. The first-order valence-electron chi connectivity index (χ1n) is 13.0. The largest absolute Gasteiger partial charge is 0.478 e. The fourth-order valence-electron chi connectivity index (χ4n) is 5.26. The molecule has 0 radical (unpaired) electrons. The van der Waals surface area contributed by atoms with Crippen LogP contribution in [0.2, 0.25) is 0 Å². The average molecular weight is 497 g/mol. The van der Waals surface area contributed by atoms with Crippen LogP contribution in [0.25, 0.3) is 17.2 Å². The number of fused-ring (bicyclic) bond motifs is 1. The van der Waals surface area contributed by atoms with E-state index in [4.69, 9.17) is 0 Å². The lowest BCUT2D eigenvalue weighted by molar-refractivity contribution is 0.0697. The molecule has 1 N–H and O–H groups in total. The maximum Gasteiger partial charge on any atom is 0.336 e. The van der Waals surface area contributed by atoms with Crippen LogP contribution >= 0.6 is 0 Å². The summed E-state index contributed by atoms with van der Waals surface area (Å²) < 4.78 is 26.5. The average Bonchev–Trinajstić information content (AvgIpc) is 2.88. The Morgan fingerprint density at radius 1 is 1.09 bits per heavy atom. The molecule has 35 heavy (non-hydrogen) atoms. The molecule has 190 valence electrons. The first kappa shape index (κ1) is 27.2. The van der Waals surface area contributed by atoms with Gasteiger partial charge in [0.25, 0.3) is 0 Å². The molecule has 1 aliphatic heterocycles. The lowest BCUT2D eigenvalue weighted by Gasteiger charge is -2.27. The molecule has 1 heterocycles. The number of aryl methyl sites for hydroxylation is 1. The molecule has 4 nitrogen and oxygen atoms in total. The molecule has 1 aliphatic rings. The van der Waals surface area contributed by atoms with E-state index in [9.17, 15) is 18.3 Å². The minimum atomic E-state index is -3.39. The summed E-state index contributed by atoms with van der Waals surface area (Å²) >= 11 is 0. The fraction of sp³-hybridized carbons (Fsp3) is 0.500. The van der Waals surface area contributed by atoms with Gasteiger partial charge in [0.15, 0.2) is 9.84 Å². The van der Waals surface area contributed by atoms with Gasteiger partial charge in [0, 0.05) is 5.56 Å². The Kier molecular flexibility index (Phi) is 8.98. The van der Waals surface area contributed by atoms with Gasteiger partial charge in [0.1, 0.15) is 0 Å². The molecule has 0 saturated heterocycles. The third kappa shape index (κ3) is 6.24. The van der Waals surface area contributed by atoms with E-state index in [0.717, 1.165) is 54.4 Å². The zero-order chi connectivity index (χ0) is 25.6. The van der Waals surface area contributed by atoms with Crippen LogP contribution in [-0.4, -0.2) is 25.2 Å². The van der Waals surface area contributed by atoms with Crippen molar-refractivity contribution in [2.75, 3.05) is 5.75 Å². The topological polar surface area (TPSA) is 71.4 Å². The van der Waals surface area contributed by atoms with Crippen LogP contribution in [0.4, 0.5) is 0 Å².